The maximum absolute atomic E-state index is 12.2. The van der Waals surface area contributed by atoms with Gasteiger partial charge in [-0.25, -0.2) is 0 Å². The number of ether oxygens (including phenoxy) is 2. The number of likely N-dealkylation sites (tertiary alicyclic amines) is 1. The minimum absolute atomic E-state index is 0.0742. The van der Waals surface area contributed by atoms with Crippen molar-refractivity contribution < 1.29 is 14.3 Å². The first kappa shape index (κ1) is 18.6. The summed E-state index contributed by atoms with van der Waals surface area (Å²) < 4.78 is 12.7. The highest BCUT2D eigenvalue weighted by molar-refractivity contribution is 5.85. The Morgan fingerprint density at radius 2 is 2.00 bits per heavy atom. The molecule has 1 aromatic heterocycles. The second kappa shape index (κ2) is 8.07. The van der Waals surface area contributed by atoms with E-state index in [9.17, 15) is 4.79 Å². The van der Waals surface area contributed by atoms with Crippen molar-refractivity contribution in [2.24, 2.45) is 0 Å². The van der Waals surface area contributed by atoms with E-state index in [-0.39, 0.29) is 12.5 Å². The van der Waals surface area contributed by atoms with Crippen molar-refractivity contribution in [3.8, 4) is 5.75 Å². The predicted molar refractivity (Wildman–Crippen MR) is 110 cm³/mol. The minimum Gasteiger partial charge on any atom is -0.497 e. The molecule has 1 amide bonds. The van der Waals surface area contributed by atoms with Crippen LogP contribution in [0.25, 0.3) is 10.9 Å². The SMILES string of the molecule is COCC(=O)N1CCC(c2cn(Cc3cccc(OC)c3)c3ccccc23)C1. The molecule has 0 aliphatic carbocycles. The van der Waals surface area contributed by atoms with E-state index in [4.69, 9.17) is 9.47 Å². The molecule has 5 heteroatoms. The zero-order chi connectivity index (χ0) is 19.5. The van der Waals surface area contributed by atoms with Gasteiger partial charge in [-0.3, -0.25) is 4.79 Å². The lowest BCUT2D eigenvalue weighted by atomic mass is 9.98. The highest BCUT2D eigenvalue weighted by Crippen LogP contribution is 2.34. The van der Waals surface area contributed by atoms with Crippen molar-refractivity contribution >= 4 is 16.8 Å². The van der Waals surface area contributed by atoms with Crippen molar-refractivity contribution in [1.29, 1.82) is 0 Å². The van der Waals surface area contributed by atoms with Crippen LogP contribution in [-0.4, -0.2) is 49.3 Å². The molecule has 0 N–H and O–H groups in total. The molecule has 146 valence electrons. The first-order valence-corrected chi connectivity index (χ1v) is 9.67. The summed E-state index contributed by atoms with van der Waals surface area (Å²) in [5.41, 5.74) is 3.75. The van der Waals surface area contributed by atoms with Crippen LogP contribution in [0, 0.1) is 0 Å². The molecule has 2 heterocycles. The van der Waals surface area contributed by atoms with Crippen LogP contribution in [0.1, 0.15) is 23.5 Å². The third-order valence-electron chi connectivity index (χ3n) is 5.56. The number of carbonyl (C=O) groups is 1. The maximum atomic E-state index is 12.2. The second-order valence-corrected chi connectivity index (χ2v) is 7.34. The zero-order valence-electron chi connectivity index (χ0n) is 16.4. The van der Waals surface area contributed by atoms with Gasteiger partial charge in [0.25, 0.3) is 0 Å². The highest BCUT2D eigenvalue weighted by Gasteiger charge is 2.29. The summed E-state index contributed by atoms with van der Waals surface area (Å²) in [6.07, 6.45) is 3.25. The number of amides is 1. The van der Waals surface area contributed by atoms with Gasteiger partial charge in [0.15, 0.2) is 0 Å². The topological polar surface area (TPSA) is 43.7 Å². The largest absolute Gasteiger partial charge is 0.497 e. The molecule has 1 unspecified atom stereocenters. The zero-order valence-corrected chi connectivity index (χ0v) is 16.4. The van der Waals surface area contributed by atoms with Crippen LogP contribution < -0.4 is 4.74 Å². The Labute approximate surface area is 165 Å². The van der Waals surface area contributed by atoms with Crippen molar-refractivity contribution in [3.05, 3.63) is 65.9 Å². The van der Waals surface area contributed by atoms with Crippen LogP contribution in [0.15, 0.2) is 54.7 Å². The molecular weight excluding hydrogens is 352 g/mol. The van der Waals surface area contributed by atoms with Crippen LogP contribution in [0.4, 0.5) is 0 Å². The van der Waals surface area contributed by atoms with Gasteiger partial charge >= 0.3 is 0 Å². The van der Waals surface area contributed by atoms with E-state index in [0.717, 1.165) is 31.8 Å². The molecule has 0 spiro atoms. The molecule has 1 atom stereocenters. The number of fused-ring (bicyclic) bond motifs is 1. The van der Waals surface area contributed by atoms with Crippen molar-refractivity contribution in [2.45, 2.75) is 18.9 Å². The summed E-state index contributed by atoms with van der Waals surface area (Å²) >= 11 is 0. The monoisotopic (exact) mass is 378 g/mol. The van der Waals surface area contributed by atoms with Crippen molar-refractivity contribution in [3.63, 3.8) is 0 Å². The second-order valence-electron chi connectivity index (χ2n) is 7.34. The third-order valence-corrected chi connectivity index (χ3v) is 5.56. The summed E-state index contributed by atoms with van der Waals surface area (Å²) in [5.74, 6) is 1.31. The first-order chi connectivity index (χ1) is 13.7. The molecule has 0 bridgehead atoms. The summed E-state index contributed by atoms with van der Waals surface area (Å²) in [5, 5.41) is 1.27. The van der Waals surface area contributed by atoms with E-state index >= 15 is 0 Å². The third kappa shape index (κ3) is 3.62. The van der Waals surface area contributed by atoms with Gasteiger partial charge in [-0.1, -0.05) is 30.3 Å². The highest BCUT2D eigenvalue weighted by atomic mass is 16.5. The number of methoxy groups -OCH3 is 2. The van der Waals surface area contributed by atoms with E-state index in [0.29, 0.717) is 5.92 Å². The van der Waals surface area contributed by atoms with Crippen LogP contribution in [-0.2, 0) is 16.1 Å². The Bertz CT molecular complexity index is 979. The molecule has 2 aromatic carbocycles. The fourth-order valence-electron chi connectivity index (χ4n) is 4.15. The normalized spacial score (nSPS) is 16.6. The lowest BCUT2D eigenvalue weighted by Crippen LogP contribution is -2.31. The van der Waals surface area contributed by atoms with Crippen molar-refractivity contribution in [2.75, 3.05) is 33.9 Å². The van der Waals surface area contributed by atoms with Gasteiger partial charge in [-0.2, -0.15) is 0 Å². The van der Waals surface area contributed by atoms with E-state index < -0.39 is 0 Å². The molecule has 1 aliphatic rings. The number of rotatable bonds is 6. The van der Waals surface area contributed by atoms with Gasteiger partial charge < -0.3 is 18.9 Å². The van der Waals surface area contributed by atoms with Gasteiger partial charge in [0, 0.05) is 49.8 Å². The summed E-state index contributed by atoms with van der Waals surface area (Å²) in [6.45, 7) is 2.50. The van der Waals surface area contributed by atoms with Gasteiger partial charge in [0.05, 0.1) is 7.11 Å². The Hall–Kier alpha value is -2.79. The smallest absolute Gasteiger partial charge is 0.248 e. The Kier molecular flexibility index (Phi) is 5.35. The van der Waals surface area contributed by atoms with E-state index in [1.807, 2.05) is 17.0 Å². The van der Waals surface area contributed by atoms with Gasteiger partial charge in [0.1, 0.15) is 12.4 Å². The lowest BCUT2D eigenvalue weighted by Gasteiger charge is -2.15. The molecule has 5 nitrogen and oxygen atoms in total. The van der Waals surface area contributed by atoms with E-state index in [1.165, 1.54) is 22.0 Å². The Morgan fingerprint density at radius 3 is 2.82 bits per heavy atom. The van der Waals surface area contributed by atoms with Crippen LogP contribution >= 0.6 is 0 Å². The molecule has 1 saturated heterocycles. The fraction of sp³-hybridized carbons (Fsp3) is 0.348. The van der Waals surface area contributed by atoms with Crippen LogP contribution in [0.3, 0.4) is 0 Å². The minimum atomic E-state index is 0.0742. The number of hydrogen-bond donors (Lipinski definition) is 0. The molecule has 0 saturated carbocycles. The molecule has 4 rings (SSSR count). The molecular formula is C23H26N2O3. The number of para-hydroxylation sites is 1. The molecule has 1 aliphatic heterocycles. The quantitative estimate of drug-likeness (QED) is 0.657. The Balaban J connectivity index is 1.63. The average Bonchev–Trinajstić information content (AvgIpc) is 3.34. The summed E-state index contributed by atoms with van der Waals surface area (Å²) in [6, 6.07) is 16.7. The number of benzene rings is 2. The van der Waals surface area contributed by atoms with E-state index in [1.54, 1.807) is 14.2 Å². The van der Waals surface area contributed by atoms with Gasteiger partial charge in [-0.05, 0) is 35.7 Å². The molecule has 28 heavy (non-hydrogen) atoms. The predicted octanol–water partition coefficient (Wildman–Crippen LogP) is 3.66. The number of hydrogen-bond acceptors (Lipinski definition) is 3. The fourth-order valence-corrected chi connectivity index (χ4v) is 4.15. The molecule has 1 fully saturated rings. The first-order valence-electron chi connectivity index (χ1n) is 9.67. The standard InChI is InChI=1S/C23H26N2O3/c1-27-16-23(26)24-11-10-18(14-24)21-15-25(22-9-4-3-8-20(21)22)13-17-6-5-7-19(12-17)28-2/h3-9,12,15,18H,10-11,13-14,16H2,1-2H3. The molecule has 3 aromatic rings. The van der Waals surface area contributed by atoms with E-state index in [2.05, 4.69) is 47.2 Å². The van der Waals surface area contributed by atoms with Gasteiger partial charge in [0.2, 0.25) is 5.91 Å². The average molecular weight is 378 g/mol. The maximum Gasteiger partial charge on any atom is 0.248 e. The number of nitrogens with zero attached hydrogens (tertiary/aromatic N) is 2. The van der Waals surface area contributed by atoms with Crippen LogP contribution in [0.5, 0.6) is 5.75 Å². The summed E-state index contributed by atoms with van der Waals surface area (Å²) in [7, 11) is 3.26. The Morgan fingerprint density at radius 1 is 1.14 bits per heavy atom. The van der Waals surface area contributed by atoms with Crippen molar-refractivity contribution in [1.82, 2.24) is 9.47 Å². The lowest BCUT2D eigenvalue weighted by molar-refractivity contribution is -0.134. The number of aromatic nitrogens is 1. The summed E-state index contributed by atoms with van der Waals surface area (Å²) in [4.78, 5) is 14.1. The molecule has 0 radical (unpaired) electrons. The number of carbonyl (C=O) groups excluding carboxylic acids is 1. The van der Waals surface area contributed by atoms with Crippen LogP contribution in [0.2, 0.25) is 0 Å². The van der Waals surface area contributed by atoms with Gasteiger partial charge in [-0.15, -0.1) is 0 Å².